The summed E-state index contributed by atoms with van der Waals surface area (Å²) in [6.45, 7) is 5.65. The minimum Gasteiger partial charge on any atom is -0.377 e. The van der Waals surface area contributed by atoms with E-state index >= 15 is 0 Å². The summed E-state index contributed by atoms with van der Waals surface area (Å²) in [5.74, 6) is -1.16. The molecule has 1 saturated heterocycles. The summed E-state index contributed by atoms with van der Waals surface area (Å²) in [6, 6.07) is 2.95. The van der Waals surface area contributed by atoms with Crippen molar-refractivity contribution in [3.63, 3.8) is 0 Å². The highest BCUT2D eigenvalue weighted by molar-refractivity contribution is 5.94. The van der Waals surface area contributed by atoms with Crippen LogP contribution in [0.5, 0.6) is 0 Å². The van der Waals surface area contributed by atoms with E-state index in [2.05, 4.69) is 9.97 Å². The first-order valence-corrected chi connectivity index (χ1v) is 9.14. The number of benzene rings is 1. The van der Waals surface area contributed by atoms with Gasteiger partial charge in [0.25, 0.3) is 5.91 Å². The van der Waals surface area contributed by atoms with Gasteiger partial charge in [-0.2, -0.15) is 0 Å². The van der Waals surface area contributed by atoms with Gasteiger partial charge in [-0.05, 0) is 44.9 Å². The molecule has 5 nitrogen and oxygen atoms in total. The molecule has 1 aromatic carbocycles. The maximum absolute atomic E-state index is 14.0. The standard InChI is InChI=1S/C20H23F2N3O2/c1-3-27-12-15-10-23-13(2)24-19(15)14-5-4-8-25(11-14)20(26)17-9-16(21)6-7-18(17)22/h6-7,9-10,14H,3-5,8,11-12H2,1-2H3. The van der Waals surface area contributed by atoms with Crippen molar-refractivity contribution in [3.8, 4) is 0 Å². The van der Waals surface area contributed by atoms with Crippen LogP contribution in [0.15, 0.2) is 24.4 Å². The molecule has 0 saturated carbocycles. The third kappa shape index (κ3) is 4.47. The lowest BCUT2D eigenvalue weighted by atomic mass is 9.91. The van der Waals surface area contributed by atoms with Crippen molar-refractivity contribution in [1.29, 1.82) is 0 Å². The molecular formula is C20H23F2N3O2. The van der Waals surface area contributed by atoms with E-state index < -0.39 is 17.5 Å². The highest BCUT2D eigenvalue weighted by Crippen LogP contribution is 2.29. The smallest absolute Gasteiger partial charge is 0.256 e. The summed E-state index contributed by atoms with van der Waals surface area (Å²) in [5, 5.41) is 0. The Morgan fingerprint density at radius 2 is 2.19 bits per heavy atom. The van der Waals surface area contributed by atoms with Crippen molar-refractivity contribution in [2.45, 2.75) is 39.2 Å². The summed E-state index contributed by atoms with van der Waals surface area (Å²) in [4.78, 5) is 23.1. The van der Waals surface area contributed by atoms with Crippen molar-refractivity contribution >= 4 is 5.91 Å². The molecule has 0 bridgehead atoms. The third-order valence-electron chi connectivity index (χ3n) is 4.73. The van der Waals surface area contributed by atoms with Gasteiger partial charge in [-0.25, -0.2) is 18.7 Å². The number of likely N-dealkylation sites (tertiary alicyclic amines) is 1. The van der Waals surface area contributed by atoms with E-state index in [0.717, 1.165) is 42.3 Å². The number of aromatic nitrogens is 2. The number of piperidine rings is 1. The zero-order valence-corrected chi connectivity index (χ0v) is 15.5. The number of ether oxygens (including phenoxy) is 1. The fraction of sp³-hybridized carbons (Fsp3) is 0.450. The van der Waals surface area contributed by atoms with Crippen LogP contribution in [-0.2, 0) is 11.3 Å². The van der Waals surface area contributed by atoms with Crippen molar-refractivity contribution < 1.29 is 18.3 Å². The molecule has 1 amide bonds. The van der Waals surface area contributed by atoms with Gasteiger partial charge in [0.05, 0.1) is 17.9 Å². The monoisotopic (exact) mass is 375 g/mol. The summed E-state index contributed by atoms with van der Waals surface area (Å²) >= 11 is 0. The summed E-state index contributed by atoms with van der Waals surface area (Å²) in [7, 11) is 0. The minimum atomic E-state index is -0.710. The van der Waals surface area contributed by atoms with Crippen LogP contribution < -0.4 is 0 Å². The van der Waals surface area contributed by atoms with Crippen molar-refractivity contribution in [3.05, 3.63) is 58.7 Å². The van der Waals surface area contributed by atoms with Gasteiger partial charge in [0.2, 0.25) is 0 Å². The second-order valence-corrected chi connectivity index (χ2v) is 6.68. The van der Waals surface area contributed by atoms with Crippen LogP contribution in [0.25, 0.3) is 0 Å². The van der Waals surface area contributed by atoms with Crippen LogP contribution in [-0.4, -0.2) is 40.5 Å². The van der Waals surface area contributed by atoms with Gasteiger partial charge in [-0.1, -0.05) is 0 Å². The van der Waals surface area contributed by atoms with E-state index in [4.69, 9.17) is 4.74 Å². The summed E-state index contributed by atoms with van der Waals surface area (Å²) in [6.07, 6.45) is 3.40. The maximum Gasteiger partial charge on any atom is 0.256 e. The molecule has 1 atom stereocenters. The van der Waals surface area contributed by atoms with Gasteiger partial charge in [0.1, 0.15) is 17.5 Å². The van der Waals surface area contributed by atoms with Crippen LogP contribution in [0.3, 0.4) is 0 Å². The van der Waals surface area contributed by atoms with E-state index in [-0.39, 0.29) is 11.5 Å². The molecule has 1 aliphatic rings. The SMILES string of the molecule is CCOCc1cnc(C)nc1C1CCCN(C(=O)c2cc(F)ccc2F)C1. The van der Waals surface area contributed by atoms with Gasteiger partial charge in [-0.3, -0.25) is 4.79 Å². The zero-order valence-electron chi connectivity index (χ0n) is 15.5. The second kappa shape index (κ2) is 8.52. The number of nitrogens with zero attached hydrogens (tertiary/aromatic N) is 3. The van der Waals surface area contributed by atoms with Gasteiger partial charge >= 0.3 is 0 Å². The third-order valence-corrected chi connectivity index (χ3v) is 4.73. The molecule has 7 heteroatoms. The van der Waals surface area contributed by atoms with Crippen molar-refractivity contribution in [1.82, 2.24) is 14.9 Å². The molecule has 0 radical (unpaired) electrons. The molecule has 0 spiro atoms. The number of carbonyl (C=O) groups is 1. The molecule has 1 aromatic heterocycles. The minimum absolute atomic E-state index is 0.0106. The number of rotatable bonds is 5. The predicted molar refractivity (Wildman–Crippen MR) is 96.3 cm³/mol. The molecule has 3 rings (SSSR count). The average molecular weight is 375 g/mol. The molecule has 2 heterocycles. The van der Waals surface area contributed by atoms with Crippen LogP contribution in [0.1, 0.15) is 53.1 Å². The largest absolute Gasteiger partial charge is 0.377 e. The van der Waals surface area contributed by atoms with E-state index in [1.165, 1.54) is 0 Å². The van der Waals surface area contributed by atoms with E-state index in [0.29, 0.717) is 32.1 Å². The number of amides is 1. The van der Waals surface area contributed by atoms with Gasteiger partial charge < -0.3 is 9.64 Å². The number of hydrogen-bond donors (Lipinski definition) is 0. The molecule has 1 fully saturated rings. The highest BCUT2D eigenvalue weighted by Gasteiger charge is 2.29. The molecule has 144 valence electrons. The normalized spacial score (nSPS) is 17.2. The number of aryl methyl sites for hydroxylation is 1. The van der Waals surface area contributed by atoms with Crippen LogP contribution in [0, 0.1) is 18.6 Å². The molecule has 1 aliphatic heterocycles. The maximum atomic E-state index is 14.0. The van der Waals surface area contributed by atoms with Gasteiger partial charge in [-0.15, -0.1) is 0 Å². The van der Waals surface area contributed by atoms with E-state index in [1.807, 2.05) is 13.8 Å². The molecule has 2 aromatic rings. The Kier molecular flexibility index (Phi) is 6.11. The Balaban J connectivity index is 1.83. The Hall–Kier alpha value is -2.41. The van der Waals surface area contributed by atoms with Crippen molar-refractivity contribution in [2.75, 3.05) is 19.7 Å². The van der Waals surface area contributed by atoms with Gasteiger partial charge in [0, 0.05) is 37.4 Å². The number of carbonyl (C=O) groups excluding carboxylic acids is 1. The molecule has 27 heavy (non-hydrogen) atoms. The topological polar surface area (TPSA) is 55.3 Å². The lowest BCUT2D eigenvalue weighted by molar-refractivity contribution is 0.0699. The lowest BCUT2D eigenvalue weighted by Crippen LogP contribution is -2.40. The fourth-order valence-electron chi connectivity index (χ4n) is 3.41. The molecule has 0 N–H and O–H groups in total. The zero-order chi connectivity index (χ0) is 19.4. The van der Waals surface area contributed by atoms with Crippen LogP contribution >= 0.6 is 0 Å². The first-order valence-electron chi connectivity index (χ1n) is 9.14. The molecule has 0 aliphatic carbocycles. The Morgan fingerprint density at radius 3 is 2.96 bits per heavy atom. The second-order valence-electron chi connectivity index (χ2n) is 6.68. The summed E-state index contributed by atoms with van der Waals surface area (Å²) < 4.78 is 33.0. The first kappa shape index (κ1) is 19.4. The van der Waals surface area contributed by atoms with Crippen molar-refractivity contribution in [2.24, 2.45) is 0 Å². The molecule has 1 unspecified atom stereocenters. The van der Waals surface area contributed by atoms with E-state index in [9.17, 15) is 13.6 Å². The highest BCUT2D eigenvalue weighted by atomic mass is 19.1. The average Bonchev–Trinajstić information content (AvgIpc) is 2.68. The lowest BCUT2D eigenvalue weighted by Gasteiger charge is -2.33. The van der Waals surface area contributed by atoms with Crippen LogP contribution in [0.4, 0.5) is 8.78 Å². The quantitative estimate of drug-likeness (QED) is 0.801. The van der Waals surface area contributed by atoms with Gasteiger partial charge in [0.15, 0.2) is 0 Å². The number of hydrogen-bond acceptors (Lipinski definition) is 4. The predicted octanol–water partition coefficient (Wildman–Crippen LogP) is 3.62. The Bertz CT molecular complexity index is 829. The molecular weight excluding hydrogens is 352 g/mol. The van der Waals surface area contributed by atoms with Crippen LogP contribution in [0.2, 0.25) is 0 Å². The first-order chi connectivity index (χ1) is 13.0. The summed E-state index contributed by atoms with van der Waals surface area (Å²) in [5.41, 5.74) is 1.54. The van der Waals surface area contributed by atoms with E-state index in [1.54, 1.807) is 11.1 Å². The fourth-order valence-corrected chi connectivity index (χ4v) is 3.41. The Morgan fingerprint density at radius 1 is 1.37 bits per heavy atom. The number of halogens is 2. The Labute approximate surface area is 157 Å².